The maximum Gasteiger partial charge on any atom is 0.296 e. The zero-order valence-electron chi connectivity index (χ0n) is 20.6. The van der Waals surface area contributed by atoms with Crippen LogP contribution in [0.25, 0.3) is 22.4 Å². The van der Waals surface area contributed by atoms with E-state index in [1.54, 1.807) is 6.07 Å². The summed E-state index contributed by atoms with van der Waals surface area (Å²) in [7, 11) is 0. The Bertz CT molecular complexity index is 1310. The Morgan fingerprint density at radius 2 is 1.94 bits per heavy atom. The third kappa shape index (κ3) is 5.41. The van der Waals surface area contributed by atoms with Crippen molar-refractivity contribution in [1.82, 2.24) is 20.3 Å². The van der Waals surface area contributed by atoms with Gasteiger partial charge in [0.05, 0.1) is 28.4 Å². The summed E-state index contributed by atoms with van der Waals surface area (Å²) in [6.07, 6.45) is 6.47. The van der Waals surface area contributed by atoms with E-state index in [1.807, 2.05) is 64.1 Å². The van der Waals surface area contributed by atoms with E-state index in [1.165, 1.54) is 6.92 Å². The van der Waals surface area contributed by atoms with Gasteiger partial charge in [-0.2, -0.15) is 4.98 Å². The normalized spacial score (nSPS) is 16.3. The average molecular weight is 495 g/mol. The molecule has 0 bridgehead atoms. The fourth-order valence-electron chi connectivity index (χ4n) is 4.13. The number of amides is 1. The van der Waals surface area contributed by atoms with E-state index in [2.05, 4.69) is 26.3 Å². The number of benzene rings is 1. The van der Waals surface area contributed by atoms with Gasteiger partial charge in [0.1, 0.15) is 6.10 Å². The smallest absolute Gasteiger partial charge is 0.296 e. The number of carbonyl (C=O) groups is 1. The molecular weight excluding hydrogens is 464 g/mol. The topological polar surface area (TPSA) is 100 Å². The maximum absolute atomic E-state index is 11.5. The number of aromatic amines is 1. The number of imidazole rings is 1. The van der Waals surface area contributed by atoms with Crippen molar-refractivity contribution in [2.45, 2.75) is 58.1 Å². The molecule has 35 heavy (non-hydrogen) atoms. The molecule has 0 radical (unpaired) electrons. The first-order valence-corrected chi connectivity index (χ1v) is 12.0. The summed E-state index contributed by atoms with van der Waals surface area (Å²) in [4.78, 5) is 23.8. The summed E-state index contributed by atoms with van der Waals surface area (Å²) in [6.45, 7) is 9.51. The number of fused-ring (bicyclic) bond motifs is 1. The number of aromatic nitrogens is 3. The summed E-state index contributed by atoms with van der Waals surface area (Å²) < 4.78 is 6.04. The molecule has 0 saturated carbocycles. The molecule has 1 aliphatic carbocycles. The van der Waals surface area contributed by atoms with Crippen LogP contribution in [-0.4, -0.2) is 44.2 Å². The number of aliphatic hydroxyl groups excluding tert-OH is 1. The molecule has 184 valence electrons. The standard InChI is InChI=1S/C27H31ClN4O3/c1-16(34)32-27(4,5)19-10-12-20(13-11-19)35-25-29-22-14-21(28)23(30-24(22)31-25)17-6-8-18(9-7-17)26(2,3)15-33/h6-12,14,20,33H,13,15H2,1-5H3,(H,32,34)(H,29,30,31). The number of hydrogen-bond acceptors (Lipinski definition) is 5. The van der Waals surface area contributed by atoms with E-state index in [9.17, 15) is 9.90 Å². The SMILES string of the molecule is CC(=O)NC(C)(C)C1=CCC(Oc2nc3nc(-c4ccc(C(C)(C)CO)cc4)c(Cl)cc3[nH]2)C=C1. The van der Waals surface area contributed by atoms with Crippen molar-refractivity contribution in [3.63, 3.8) is 0 Å². The summed E-state index contributed by atoms with van der Waals surface area (Å²) in [5, 5.41) is 13.1. The number of carbonyl (C=O) groups excluding carboxylic acids is 1. The highest BCUT2D eigenvalue weighted by Crippen LogP contribution is 2.32. The molecule has 3 aromatic rings. The van der Waals surface area contributed by atoms with Crippen LogP contribution in [0.1, 0.15) is 46.6 Å². The maximum atomic E-state index is 11.5. The van der Waals surface area contributed by atoms with Crippen molar-refractivity contribution in [2.24, 2.45) is 0 Å². The second-order valence-corrected chi connectivity index (χ2v) is 10.5. The quantitative estimate of drug-likeness (QED) is 0.424. The van der Waals surface area contributed by atoms with Crippen LogP contribution in [0.2, 0.25) is 5.02 Å². The molecule has 0 saturated heterocycles. The van der Waals surface area contributed by atoms with E-state index < -0.39 is 5.54 Å². The van der Waals surface area contributed by atoms with Crippen molar-refractivity contribution >= 4 is 28.7 Å². The summed E-state index contributed by atoms with van der Waals surface area (Å²) in [6, 6.07) is 10.0. The van der Waals surface area contributed by atoms with Gasteiger partial charge in [-0.3, -0.25) is 4.79 Å². The summed E-state index contributed by atoms with van der Waals surface area (Å²) >= 11 is 6.55. The minimum absolute atomic E-state index is 0.0632. The largest absolute Gasteiger partial charge is 0.457 e. The van der Waals surface area contributed by atoms with Gasteiger partial charge in [0.25, 0.3) is 6.01 Å². The molecule has 1 aliphatic rings. The highest BCUT2D eigenvalue weighted by atomic mass is 35.5. The van der Waals surface area contributed by atoms with Gasteiger partial charge in [-0.1, -0.05) is 61.9 Å². The summed E-state index contributed by atoms with van der Waals surface area (Å²) in [5.41, 5.74) is 4.01. The van der Waals surface area contributed by atoms with Crippen LogP contribution in [0.3, 0.4) is 0 Å². The Kier molecular flexibility index (Phi) is 6.75. The van der Waals surface area contributed by atoms with Crippen LogP contribution in [0.5, 0.6) is 6.01 Å². The molecule has 2 heterocycles. The molecular formula is C27H31ClN4O3. The zero-order valence-corrected chi connectivity index (χ0v) is 21.4. The second kappa shape index (κ2) is 9.47. The van der Waals surface area contributed by atoms with Gasteiger partial charge >= 0.3 is 0 Å². The lowest BCUT2D eigenvalue weighted by molar-refractivity contribution is -0.120. The predicted molar refractivity (Wildman–Crippen MR) is 139 cm³/mol. The van der Waals surface area contributed by atoms with Crippen LogP contribution >= 0.6 is 11.6 Å². The highest BCUT2D eigenvalue weighted by molar-refractivity contribution is 6.33. The first-order valence-electron chi connectivity index (χ1n) is 11.6. The number of pyridine rings is 1. The van der Waals surface area contributed by atoms with Gasteiger partial charge in [-0.15, -0.1) is 0 Å². The average Bonchev–Trinajstić information content (AvgIpc) is 3.19. The van der Waals surface area contributed by atoms with E-state index >= 15 is 0 Å². The molecule has 4 rings (SSSR count). The minimum Gasteiger partial charge on any atom is -0.457 e. The predicted octanol–water partition coefficient (Wildman–Crippen LogP) is 5.10. The molecule has 1 atom stereocenters. The Labute approximate surface area is 210 Å². The van der Waals surface area contributed by atoms with Gasteiger partial charge < -0.3 is 20.1 Å². The highest BCUT2D eigenvalue weighted by Gasteiger charge is 2.25. The van der Waals surface area contributed by atoms with Crippen molar-refractivity contribution in [3.05, 3.63) is 64.7 Å². The van der Waals surface area contributed by atoms with Gasteiger partial charge in [0, 0.05) is 24.3 Å². The van der Waals surface area contributed by atoms with Crippen LogP contribution in [-0.2, 0) is 10.2 Å². The van der Waals surface area contributed by atoms with Crippen molar-refractivity contribution in [3.8, 4) is 17.3 Å². The van der Waals surface area contributed by atoms with Crippen LogP contribution < -0.4 is 10.1 Å². The second-order valence-electron chi connectivity index (χ2n) is 10.1. The lowest BCUT2D eigenvalue weighted by atomic mass is 9.85. The minimum atomic E-state index is -0.449. The number of nitrogens with zero attached hydrogens (tertiary/aromatic N) is 2. The molecule has 3 N–H and O–H groups in total. The third-order valence-electron chi connectivity index (χ3n) is 6.27. The molecule has 7 nitrogen and oxygen atoms in total. The lowest BCUT2D eigenvalue weighted by Crippen LogP contribution is -2.44. The van der Waals surface area contributed by atoms with E-state index in [-0.39, 0.29) is 24.0 Å². The monoisotopic (exact) mass is 494 g/mol. The molecule has 0 spiro atoms. The number of rotatable bonds is 7. The number of aliphatic hydroxyl groups is 1. The Balaban J connectivity index is 1.51. The Hall–Kier alpha value is -3.16. The Morgan fingerprint density at radius 3 is 2.54 bits per heavy atom. The fourth-order valence-corrected chi connectivity index (χ4v) is 4.39. The van der Waals surface area contributed by atoms with Crippen LogP contribution in [0.15, 0.2) is 54.1 Å². The summed E-state index contributed by atoms with van der Waals surface area (Å²) in [5.74, 6) is -0.0691. The van der Waals surface area contributed by atoms with Crippen LogP contribution in [0, 0.1) is 0 Å². The molecule has 1 aromatic carbocycles. The molecule has 1 amide bonds. The van der Waals surface area contributed by atoms with E-state index in [0.29, 0.717) is 34.3 Å². The fraction of sp³-hybridized carbons (Fsp3) is 0.370. The third-order valence-corrected chi connectivity index (χ3v) is 6.56. The van der Waals surface area contributed by atoms with Crippen molar-refractivity contribution in [1.29, 1.82) is 0 Å². The molecule has 0 fully saturated rings. The first kappa shape index (κ1) is 24.9. The van der Waals surface area contributed by atoms with Crippen molar-refractivity contribution < 1.29 is 14.6 Å². The molecule has 0 aliphatic heterocycles. The van der Waals surface area contributed by atoms with Gasteiger partial charge in [0.15, 0.2) is 5.65 Å². The number of nitrogens with one attached hydrogen (secondary N) is 2. The number of ether oxygens (including phenoxy) is 1. The van der Waals surface area contributed by atoms with Crippen molar-refractivity contribution in [2.75, 3.05) is 6.61 Å². The van der Waals surface area contributed by atoms with E-state index in [4.69, 9.17) is 16.3 Å². The molecule has 8 heteroatoms. The van der Waals surface area contributed by atoms with Gasteiger partial charge in [0.2, 0.25) is 5.91 Å². The molecule has 1 unspecified atom stereocenters. The molecule has 2 aromatic heterocycles. The van der Waals surface area contributed by atoms with Gasteiger partial charge in [-0.25, -0.2) is 4.98 Å². The number of hydrogen-bond donors (Lipinski definition) is 3. The van der Waals surface area contributed by atoms with Crippen LogP contribution in [0.4, 0.5) is 0 Å². The first-order chi connectivity index (χ1) is 16.5. The number of halogens is 1. The zero-order chi connectivity index (χ0) is 25.4. The Morgan fingerprint density at radius 1 is 1.23 bits per heavy atom. The van der Waals surface area contributed by atoms with E-state index in [0.717, 1.165) is 16.7 Å². The van der Waals surface area contributed by atoms with Gasteiger partial charge in [-0.05, 0) is 37.1 Å². The number of H-pyrrole nitrogens is 1. The lowest BCUT2D eigenvalue weighted by Gasteiger charge is -2.29.